The number of thioether (sulfide) groups is 1. The van der Waals surface area contributed by atoms with Crippen LogP contribution >= 0.6 is 11.8 Å². The number of aliphatic hydroxyl groups excluding tert-OH is 1. The molecule has 3 aromatic carbocycles. The van der Waals surface area contributed by atoms with E-state index in [4.69, 9.17) is 27.7 Å². The van der Waals surface area contributed by atoms with Crippen LogP contribution in [0.3, 0.4) is 0 Å². The molecule has 2 aliphatic heterocycles. The Morgan fingerprint density at radius 1 is 0.537 bits per heavy atom. The van der Waals surface area contributed by atoms with E-state index in [1.807, 2.05) is 13.8 Å². The summed E-state index contributed by atoms with van der Waals surface area (Å²) in [7, 11) is 5.41. The van der Waals surface area contributed by atoms with E-state index in [9.17, 15) is 58.2 Å². The van der Waals surface area contributed by atoms with E-state index in [2.05, 4.69) is 73.1 Å². The maximum Gasteiger partial charge on any atom is 0.303 e. The van der Waals surface area contributed by atoms with Crippen molar-refractivity contribution < 1.29 is 101 Å². The summed E-state index contributed by atoms with van der Waals surface area (Å²) in [6.07, 6.45) is 1.92. The molecule has 16 amide bonds. The second-order valence-electron chi connectivity index (χ2n) is 34.6. The number of carbonyl (C=O) groups is 18. The number of ether oxygens (including phenoxy) is 1. The fraction of sp³-hybridized carbons (Fsp3) is 0.533. The average Bonchev–Trinajstić information content (AvgIpc) is 1.62. The van der Waals surface area contributed by atoms with Gasteiger partial charge in [0.25, 0.3) is 0 Å². The summed E-state index contributed by atoms with van der Waals surface area (Å²) in [5.41, 5.74) is 26.5. The number of Topliss-reactive ketones (excluding diaryl/α,β-unsaturated/α-hetero) is 1. The van der Waals surface area contributed by atoms with E-state index in [0.29, 0.717) is 69.9 Å². The number of primary amides is 2. The van der Waals surface area contributed by atoms with Crippen molar-refractivity contribution in [3.8, 4) is 5.75 Å². The number of amides is 16. The van der Waals surface area contributed by atoms with E-state index >= 15 is 38.4 Å². The van der Waals surface area contributed by atoms with E-state index in [1.54, 1.807) is 85.2 Å². The van der Waals surface area contributed by atoms with Gasteiger partial charge in [-0.25, -0.2) is 4.98 Å². The third-order valence-corrected chi connectivity index (χ3v) is 25.9. The highest BCUT2D eigenvalue weighted by molar-refractivity contribution is 8.00. The van der Waals surface area contributed by atoms with Crippen LogP contribution in [0.2, 0.25) is 0 Å². The number of imidazole rings is 1. The maximum atomic E-state index is 15.8. The van der Waals surface area contributed by atoms with Gasteiger partial charge in [-0.15, -0.1) is 11.8 Å². The molecule has 44 heteroatoms. The van der Waals surface area contributed by atoms with Crippen molar-refractivity contribution in [2.75, 3.05) is 65.9 Å². The lowest BCUT2D eigenvalue weighted by Gasteiger charge is -2.36. The first-order valence-electron chi connectivity index (χ1n) is 45.8. The Morgan fingerprint density at radius 2 is 1.08 bits per heavy atom. The summed E-state index contributed by atoms with van der Waals surface area (Å²) in [6, 6.07) is 0.435. The van der Waals surface area contributed by atoms with Crippen LogP contribution in [0.1, 0.15) is 146 Å². The number of fused-ring (bicyclic) bond motifs is 4. The summed E-state index contributed by atoms with van der Waals surface area (Å²) in [5, 5.41) is 49.6. The Hall–Kier alpha value is -13.4. The summed E-state index contributed by atoms with van der Waals surface area (Å²) in [5.74, 6) is -20.7. The number of hydrogen-bond acceptors (Lipinski definition) is 24. The Bertz CT molecular complexity index is 5230. The zero-order valence-electron chi connectivity index (χ0n) is 77.5. The predicted molar refractivity (Wildman–Crippen MR) is 499 cm³/mol. The molecule has 0 spiro atoms. The minimum absolute atomic E-state index is 0.00567. The molecule has 3 aromatic heterocycles. The number of H-pyrrole nitrogens is 3. The average molecular weight is 1910 g/mol. The third kappa shape index (κ3) is 29.3. The second-order valence-corrected chi connectivity index (χ2v) is 35.7. The summed E-state index contributed by atoms with van der Waals surface area (Å²) in [6.45, 7) is 3.89. The van der Waals surface area contributed by atoms with Crippen LogP contribution < -0.4 is 80.8 Å². The van der Waals surface area contributed by atoms with Crippen molar-refractivity contribution in [2.24, 2.45) is 34.8 Å². The van der Waals surface area contributed by atoms with E-state index in [1.165, 1.54) is 57.5 Å². The Kier molecular flexibility index (Phi) is 40.2. The smallest absolute Gasteiger partial charge is 0.303 e. The molecule has 0 radical (unpaired) electrons. The fourth-order valence-corrected chi connectivity index (χ4v) is 18.0. The number of hydrogen-bond donors (Lipinski definition) is 19. The number of nitrogens with one attached hydrogen (secondary N) is 13. The first-order valence-corrected chi connectivity index (χ1v) is 46.9. The SMILES string of the molecule is CCCC[C@H]1C(=O)N(C)[C@@H](CCCC)C(=O)N[C@@H](CCCN)C(=O)N[C@H](C(=O)NCC(N)=O)CSCC(=O)N[C@@H](Cc2ccc(OC)cc2)C(=O)N(C)[C@@H](C)C(=O)N[C@@H](CC(N)=O)C(=O)N2CCCC2C(=O)N[C@@H](Cc2cnc[nH]2)C(=O)N[C@@H](CCC(=O)O)C(=O)C2C[C@H](O)C[C@H]2C(=O)N[C@@H](Cc2c[nH]c3ccccc23)C(=O)N[C@@H](CCN)C(=O)N[C@@H](Cc2c[nH]c3ccccc23)C(=O)N1C. The number of aliphatic carboxylic acids is 1. The van der Waals surface area contributed by atoms with Crippen molar-refractivity contribution in [2.45, 2.75) is 234 Å². The van der Waals surface area contributed by atoms with E-state index in [-0.39, 0.29) is 96.0 Å². The molecule has 3 aliphatic rings. The van der Waals surface area contributed by atoms with Gasteiger partial charge in [0.1, 0.15) is 78.3 Å². The van der Waals surface area contributed by atoms with Crippen molar-refractivity contribution in [3.63, 3.8) is 0 Å². The molecule has 16 atom stereocenters. The first kappa shape index (κ1) is 106. The van der Waals surface area contributed by atoms with Crippen molar-refractivity contribution in [1.29, 1.82) is 0 Å². The highest BCUT2D eigenvalue weighted by Crippen LogP contribution is 2.36. The van der Waals surface area contributed by atoms with Crippen LogP contribution in [0.5, 0.6) is 5.75 Å². The monoisotopic (exact) mass is 1910 g/mol. The number of aromatic amines is 3. The number of nitrogens with zero attached hydrogens (tertiary/aromatic N) is 5. The largest absolute Gasteiger partial charge is 0.497 e. The van der Waals surface area contributed by atoms with Gasteiger partial charge < -0.3 is 126 Å². The third-order valence-electron chi connectivity index (χ3n) is 24.9. The number of aliphatic hydroxyl groups is 1. The number of ketones is 1. The number of carboxylic acid groups (broad SMARTS) is 1. The van der Waals surface area contributed by atoms with Crippen LogP contribution in [-0.2, 0) is 112 Å². The molecular weight excluding hydrogens is 1780 g/mol. The number of carbonyl (C=O) groups excluding carboxylic acids is 17. The Balaban J connectivity index is 1.11. The number of benzene rings is 3. The molecule has 738 valence electrons. The van der Waals surface area contributed by atoms with Gasteiger partial charge in [-0.3, -0.25) is 86.3 Å². The molecule has 9 rings (SSSR count). The molecule has 23 N–H and O–H groups in total. The lowest BCUT2D eigenvalue weighted by molar-refractivity contribution is -0.149. The highest BCUT2D eigenvalue weighted by atomic mass is 32.2. The van der Waals surface area contributed by atoms with E-state index in [0.717, 1.165) is 21.6 Å². The number of para-hydroxylation sites is 2. The lowest BCUT2D eigenvalue weighted by Crippen LogP contribution is -2.61. The van der Waals surface area contributed by atoms with Gasteiger partial charge >= 0.3 is 5.97 Å². The molecule has 2 saturated heterocycles. The van der Waals surface area contributed by atoms with Crippen molar-refractivity contribution in [3.05, 3.63) is 120 Å². The van der Waals surface area contributed by atoms with Crippen LogP contribution in [0.4, 0.5) is 0 Å². The molecule has 43 nitrogen and oxygen atoms in total. The molecule has 2 unspecified atom stereocenters. The topological polar surface area (TPSA) is 655 Å². The van der Waals surface area contributed by atoms with Gasteiger partial charge in [0.05, 0.1) is 50.2 Å². The van der Waals surface area contributed by atoms with Crippen molar-refractivity contribution >= 4 is 140 Å². The molecule has 5 heterocycles. The zero-order chi connectivity index (χ0) is 99.1. The molecule has 6 aromatic rings. The molecule has 3 fully saturated rings. The highest BCUT2D eigenvalue weighted by Gasteiger charge is 2.48. The predicted octanol–water partition coefficient (Wildman–Crippen LogP) is -1.98. The summed E-state index contributed by atoms with van der Waals surface area (Å²) in [4.78, 5) is 281. The van der Waals surface area contributed by atoms with Gasteiger partial charge in [0, 0.05) is 118 Å². The van der Waals surface area contributed by atoms with Gasteiger partial charge in [-0.1, -0.05) is 88.1 Å². The second kappa shape index (κ2) is 51.4. The number of methoxy groups -OCH3 is 1. The number of aromatic nitrogens is 4. The van der Waals surface area contributed by atoms with Crippen LogP contribution in [0, 0.1) is 11.8 Å². The van der Waals surface area contributed by atoms with Crippen LogP contribution in [-0.4, -0.2) is 307 Å². The summed E-state index contributed by atoms with van der Waals surface area (Å²) < 4.78 is 5.34. The molecule has 0 bridgehead atoms. The van der Waals surface area contributed by atoms with Gasteiger partial charge in [0.2, 0.25) is 94.5 Å². The van der Waals surface area contributed by atoms with Gasteiger partial charge in [0.15, 0.2) is 5.78 Å². The Labute approximate surface area is 790 Å². The number of nitrogens with two attached hydrogens (primary N) is 4. The standard InChI is InChI=1S/C92H128N22O21S/c1-8-10-23-72-87(129)105-64(22-16-33-93)83(125)110-71(82(124)100-46-76(96)117)47-136-48-77(118)102-68(36-51-26-28-56(135-7)29-27-51)89(131)111(4)50(3)80(122)108-70(42-75(95)116)91(133)114-35-17-25-73(114)88(130)107-67(39-54-45-97-49-101-54)86(128)103-63(30-31-78(119)120)79(121)59-40-55(115)41-60(59)81(123)106-66(37-52-43-98-61-20-14-12-18-57(52)61)85(127)104-65(32-34-94)84(126)109-69(38-53-44-99-62-21-15-13-19-58(53)62)90(132)113(6)74(24-11-9-2)92(134)112(72)5/h12-15,18-21,26-29,43-45,49-50,55,59-60,63-74,98-99,115H,8-11,16-17,22-25,30-42,46-48,93-94H2,1-7H3,(H2,95,116)(H2,96,117)(H,97,101)(H,100,124)(H,102,118)(H,103,128)(H,104,127)(H,105,129)(H,106,123)(H,107,130)(H,108,122)(H,109,126)(H,110,125)(H,119,120)/t50-,55-,59?,60+,63-,64-,65-,66-,67-,68-,69-,70-,71-,72-,73?,74-/m0/s1. The minimum Gasteiger partial charge on any atom is -0.497 e. The number of carboxylic acids is 1. The molecule has 1 saturated carbocycles. The summed E-state index contributed by atoms with van der Waals surface area (Å²) >= 11 is 0.792. The Morgan fingerprint density at radius 3 is 1.68 bits per heavy atom. The van der Waals surface area contributed by atoms with E-state index < -0.39 is 253 Å². The van der Waals surface area contributed by atoms with Crippen molar-refractivity contribution in [1.82, 2.24) is 92.7 Å². The molecule has 1 aliphatic carbocycles. The van der Waals surface area contributed by atoms with Crippen LogP contribution in [0.25, 0.3) is 21.8 Å². The van der Waals surface area contributed by atoms with Gasteiger partial charge in [-0.2, -0.15) is 0 Å². The number of unbranched alkanes of at least 4 members (excludes halogenated alkanes) is 2. The normalized spacial score (nSPS) is 25.2. The molecule has 136 heavy (non-hydrogen) atoms. The number of likely N-dealkylation sites (N-methyl/N-ethyl adjacent to an activating group) is 3. The quantitative estimate of drug-likeness (QED) is 0.0253. The fourth-order valence-electron chi connectivity index (χ4n) is 17.2. The molecular formula is C92H128N22O21S. The number of rotatable bonds is 28. The lowest BCUT2D eigenvalue weighted by atomic mass is 9.85. The minimum atomic E-state index is -1.80. The first-order chi connectivity index (χ1) is 65.0. The van der Waals surface area contributed by atoms with Gasteiger partial charge in [-0.05, 0) is 125 Å². The van der Waals surface area contributed by atoms with Crippen LogP contribution in [0.15, 0.2) is 97.7 Å². The maximum absolute atomic E-state index is 15.8. The zero-order valence-corrected chi connectivity index (χ0v) is 78.3.